The molecule has 0 aliphatic carbocycles. The molecule has 5 heterocycles. The number of likely N-dealkylation sites (tertiary alicyclic amines) is 1. The minimum Gasteiger partial charge on any atom is -0.486 e. The van der Waals surface area contributed by atoms with E-state index >= 15 is 4.39 Å². The van der Waals surface area contributed by atoms with Gasteiger partial charge in [-0.15, -0.1) is 0 Å². The van der Waals surface area contributed by atoms with Crippen LogP contribution in [0.4, 0.5) is 4.39 Å². The lowest BCUT2D eigenvalue weighted by Gasteiger charge is -2.40. The molecule has 0 radical (unpaired) electrons. The molecule has 2 fully saturated rings. The van der Waals surface area contributed by atoms with E-state index in [1.807, 2.05) is 11.8 Å². The quantitative estimate of drug-likeness (QED) is 0.261. The summed E-state index contributed by atoms with van der Waals surface area (Å²) in [7, 11) is 0. The van der Waals surface area contributed by atoms with E-state index in [4.69, 9.17) is 32.7 Å². The van der Waals surface area contributed by atoms with Crippen LogP contribution in [0.1, 0.15) is 53.2 Å². The summed E-state index contributed by atoms with van der Waals surface area (Å²) in [6.07, 6.45) is 7.17. The van der Waals surface area contributed by atoms with E-state index in [0.717, 1.165) is 39.1 Å². The highest BCUT2D eigenvalue weighted by Gasteiger charge is 2.28. The van der Waals surface area contributed by atoms with Crippen LogP contribution in [-0.2, 0) is 4.74 Å². The van der Waals surface area contributed by atoms with Crippen LogP contribution in [0.5, 0.6) is 5.75 Å². The first kappa shape index (κ1) is 29.5. The van der Waals surface area contributed by atoms with Crippen molar-refractivity contribution in [3.05, 3.63) is 81.5 Å². The highest BCUT2D eigenvalue weighted by Crippen LogP contribution is 2.34. The Morgan fingerprint density at radius 1 is 1.09 bits per heavy atom. The number of H-pyrrole nitrogens is 1. The lowest BCUT2D eigenvalue weighted by molar-refractivity contribution is 0.00153. The molecule has 12 heteroatoms. The van der Waals surface area contributed by atoms with E-state index in [1.165, 1.54) is 24.7 Å². The van der Waals surface area contributed by atoms with Gasteiger partial charge >= 0.3 is 0 Å². The molecule has 1 atom stereocenters. The van der Waals surface area contributed by atoms with Gasteiger partial charge in [-0.25, -0.2) is 4.39 Å². The number of pyridine rings is 2. The number of hydrogen-bond donors (Lipinski definition) is 1. The van der Waals surface area contributed by atoms with Gasteiger partial charge in [0, 0.05) is 73.4 Å². The molecule has 6 rings (SSSR count). The van der Waals surface area contributed by atoms with Gasteiger partial charge in [0.1, 0.15) is 23.4 Å². The molecular formula is C31H31Cl2FN6O3. The Labute approximate surface area is 258 Å². The molecule has 0 bridgehead atoms. The molecular weight excluding hydrogens is 594 g/mol. The number of aromatic amines is 1. The van der Waals surface area contributed by atoms with Crippen molar-refractivity contribution in [2.24, 2.45) is 0 Å². The minimum atomic E-state index is -0.515. The smallest absolute Gasteiger partial charge is 0.272 e. The molecule has 224 valence electrons. The number of amides is 1. The standard InChI is InChI=1S/C31H31Cl2FN6O3/c1-19(30-24(32)17-35-18-25(30)33)43-22-3-5-27-23(14-22)29(38-37-27)15-26(34)20-2-4-28(36-16-20)31(41)40-8-6-21(7-9-40)39-10-12-42-13-11-39/h2-5,14-19,21H,6-13H2,1H3,(H,37,38)/b26-15-/t19-/m1/s1. The number of carbonyl (C=O) groups excluding carboxylic acids is 1. The Bertz CT molecular complexity index is 1610. The van der Waals surface area contributed by atoms with Crippen molar-refractivity contribution in [1.29, 1.82) is 0 Å². The molecule has 2 aliphatic rings. The third-order valence-corrected chi connectivity index (χ3v) is 8.61. The largest absolute Gasteiger partial charge is 0.486 e. The van der Waals surface area contributed by atoms with Crippen LogP contribution < -0.4 is 4.74 Å². The Kier molecular flexibility index (Phi) is 8.90. The fraction of sp³-hybridized carbons (Fsp3) is 0.355. The lowest BCUT2D eigenvalue weighted by Crippen LogP contribution is -2.50. The number of morpholine rings is 1. The normalized spacial score (nSPS) is 17.8. The van der Waals surface area contributed by atoms with Crippen molar-refractivity contribution in [3.63, 3.8) is 0 Å². The number of piperidine rings is 1. The first-order valence-electron chi connectivity index (χ1n) is 14.3. The molecule has 43 heavy (non-hydrogen) atoms. The van der Waals surface area contributed by atoms with E-state index in [9.17, 15) is 4.79 Å². The molecule has 4 aromatic rings. The van der Waals surface area contributed by atoms with Gasteiger partial charge in [-0.2, -0.15) is 5.10 Å². The average Bonchev–Trinajstić information content (AvgIpc) is 3.42. The zero-order valence-corrected chi connectivity index (χ0v) is 25.1. The Balaban J connectivity index is 1.12. The highest BCUT2D eigenvalue weighted by atomic mass is 35.5. The number of hydrogen-bond acceptors (Lipinski definition) is 7. The van der Waals surface area contributed by atoms with Gasteiger partial charge in [-0.05, 0) is 50.1 Å². The van der Waals surface area contributed by atoms with Gasteiger partial charge in [0.05, 0.1) is 34.5 Å². The van der Waals surface area contributed by atoms with E-state index in [0.29, 0.717) is 62.8 Å². The van der Waals surface area contributed by atoms with Gasteiger partial charge in [0.25, 0.3) is 5.91 Å². The second-order valence-corrected chi connectivity index (χ2v) is 11.5. The third kappa shape index (κ3) is 6.52. The van der Waals surface area contributed by atoms with Crippen molar-refractivity contribution in [3.8, 4) is 5.75 Å². The second-order valence-electron chi connectivity index (χ2n) is 10.7. The first-order valence-corrected chi connectivity index (χ1v) is 15.0. The van der Waals surface area contributed by atoms with Gasteiger partial charge < -0.3 is 14.4 Å². The van der Waals surface area contributed by atoms with Crippen LogP contribution in [0.2, 0.25) is 10.0 Å². The van der Waals surface area contributed by atoms with Crippen molar-refractivity contribution in [2.75, 3.05) is 39.4 Å². The van der Waals surface area contributed by atoms with Crippen molar-refractivity contribution in [2.45, 2.75) is 31.9 Å². The SMILES string of the molecule is C[C@@H](Oc1ccc2n[nH]c(/C=C(\F)c3ccc(C(=O)N4CCC(N5CCOCC5)CC4)nc3)c2c1)c1c(Cl)cncc1Cl. The maximum Gasteiger partial charge on any atom is 0.272 e. The highest BCUT2D eigenvalue weighted by molar-refractivity contribution is 6.35. The Morgan fingerprint density at radius 3 is 2.53 bits per heavy atom. The molecule has 3 aromatic heterocycles. The molecule has 1 aromatic carbocycles. The average molecular weight is 626 g/mol. The molecule has 9 nitrogen and oxygen atoms in total. The number of carbonyl (C=O) groups is 1. The maximum absolute atomic E-state index is 15.4. The molecule has 2 saturated heterocycles. The summed E-state index contributed by atoms with van der Waals surface area (Å²) in [5, 5.41) is 8.65. The van der Waals surface area contributed by atoms with E-state index < -0.39 is 11.9 Å². The van der Waals surface area contributed by atoms with Gasteiger partial charge in [-0.3, -0.25) is 24.8 Å². The van der Waals surface area contributed by atoms with E-state index in [-0.39, 0.29) is 11.5 Å². The van der Waals surface area contributed by atoms with Crippen LogP contribution in [0.15, 0.2) is 48.9 Å². The number of benzene rings is 1. The summed E-state index contributed by atoms with van der Waals surface area (Å²) in [4.78, 5) is 25.6. The fourth-order valence-electron chi connectivity index (χ4n) is 5.68. The number of aromatic nitrogens is 4. The molecule has 1 N–H and O–H groups in total. The summed E-state index contributed by atoms with van der Waals surface area (Å²) < 4.78 is 26.9. The number of rotatable bonds is 7. The predicted octanol–water partition coefficient (Wildman–Crippen LogP) is 6.20. The summed E-state index contributed by atoms with van der Waals surface area (Å²) in [6, 6.07) is 8.96. The number of nitrogens with zero attached hydrogens (tertiary/aromatic N) is 5. The maximum atomic E-state index is 15.4. The van der Waals surface area contributed by atoms with Crippen LogP contribution in [0.3, 0.4) is 0 Å². The van der Waals surface area contributed by atoms with E-state index in [2.05, 4.69) is 25.1 Å². The van der Waals surface area contributed by atoms with Crippen molar-refractivity contribution in [1.82, 2.24) is 30.0 Å². The van der Waals surface area contributed by atoms with Crippen LogP contribution in [0.25, 0.3) is 22.8 Å². The number of ether oxygens (including phenoxy) is 2. The van der Waals surface area contributed by atoms with Crippen molar-refractivity contribution >= 4 is 51.9 Å². The summed E-state index contributed by atoms with van der Waals surface area (Å²) in [5.74, 6) is -0.107. The number of nitrogens with one attached hydrogen (secondary N) is 1. The Morgan fingerprint density at radius 2 is 1.84 bits per heavy atom. The zero-order chi connectivity index (χ0) is 29.9. The van der Waals surface area contributed by atoms with Gasteiger partial charge in [0.2, 0.25) is 0 Å². The monoisotopic (exact) mass is 624 g/mol. The lowest BCUT2D eigenvalue weighted by atomic mass is 10.0. The Hall–Kier alpha value is -3.57. The summed E-state index contributed by atoms with van der Waals surface area (Å²) in [5.41, 5.74) is 2.31. The number of halogens is 3. The zero-order valence-electron chi connectivity index (χ0n) is 23.6. The molecule has 1 amide bonds. The van der Waals surface area contributed by atoms with Crippen LogP contribution in [0, 0.1) is 0 Å². The molecule has 0 saturated carbocycles. The van der Waals surface area contributed by atoms with Crippen LogP contribution in [-0.4, -0.2) is 81.3 Å². The first-order chi connectivity index (χ1) is 20.9. The second kappa shape index (κ2) is 13.0. The molecule has 0 unspecified atom stereocenters. The minimum absolute atomic E-state index is 0.132. The topological polar surface area (TPSA) is 96.5 Å². The summed E-state index contributed by atoms with van der Waals surface area (Å²) >= 11 is 12.6. The molecule has 0 spiro atoms. The number of fused-ring (bicyclic) bond motifs is 1. The predicted molar refractivity (Wildman–Crippen MR) is 164 cm³/mol. The van der Waals surface area contributed by atoms with E-state index in [1.54, 1.807) is 30.3 Å². The van der Waals surface area contributed by atoms with Gasteiger partial charge in [-0.1, -0.05) is 23.2 Å². The van der Waals surface area contributed by atoms with Crippen molar-refractivity contribution < 1.29 is 18.7 Å². The third-order valence-electron chi connectivity index (χ3n) is 8.01. The molecule has 2 aliphatic heterocycles. The van der Waals surface area contributed by atoms with Gasteiger partial charge in [0.15, 0.2) is 0 Å². The fourth-order valence-corrected chi connectivity index (χ4v) is 6.35. The van der Waals surface area contributed by atoms with Crippen LogP contribution >= 0.6 is 23.2 Å². The summed E-state index contributed by atoms with van der Waals surface area (Å²) in [6.45, 7) is 6.62.